The van der Waals surface area contributed by atoms with Crippen LogP contribution in [0.2, 0.25) is 0 Å². The van der Waals surface area contributed by atoms with E-state index in [-0.39, 0.29) is 5.91 Å². The fraction of sp³-hybridized carbons (Fsp3) is 0.316. The zero-order valence-corrected chi connectivity index (χ0v) is 12.9. The Morgan fingerprint density at radius 1 is 1.18 bits per heavy atom. The van der Waals surface area contributed by atoms with Crippen molar-refractivity contribution in [1.29, 1.82) is 0 Å². The molecule has 3 heteroatoms. The van der Waals surface area contributed by atoms with Crippen molar-refractivity contribution in [3.63, 3.8) is 0 Å². The van der Waals surface area contributed by atoms with E-state index in [2.05, 4.69) is 42.2 Å². The summed E-state index contributed by atoms with van der Waals surface area (Å²) in [7, 11) is 0. The quantitative estimate of drug-likeness (QED) is 0.832. The predicted octanol–water partition coefficient (Wildman–Crippen LogP) is 3.16. The van der Waals surface area contributed by atoms with Crippen LogP contribution in [0.4, 0.5) is 0 Å². The molecule has 2 aromatic rings. The number of rotatable bonds is 6. The minimum Gasteiger partial charge on any atom is -0.366 e. The standard InChI is InChI=1S/C19H22N2O/c1-14(21-13-18(21)16-5-3-2-4-6-16)7-8-15-9-11-17(12-10-15)19(20)22/h2-6,9-12,14,18H,7-8,13H2,1H3,(H2,20,22)/t14-,18?,21-/m1/s1. The number of carbonyl (C=O) groups excluding carboxylic acids is 1. The van der Waals surface area contributed by atoms with Crippen LogP contribution >= 0.6 is 0 Å². The second kappa shape index (κ2) is 6.32. The number of amides is 1. The molecule has 1 heterocycles. The van der Waals surface area contributed by atoms with Crippen molar-refractivity contribution in [3.8, 4) is 0 Å². The van der Waals surface area contributed by atoms with E-state index in [0.29, 0.717) is 17.6 Å². The first-order chi connectivity index (χ1) is 10.6. The summed E-state index contributed by atoms with van der Waals surface area (Å²) in [6.45, 7) is 3.45. The van der Waals surface area contributed by atoms with Gasteiger partial charge >= 0.3 is 0 Å². The average Bonchev–Trinajstić information content (AvgIpc) is 3.34. The van der Waals surface area contributed by atoms with Crippen LogP contribution in [-0.2, 0) is 6.42 Å². The summed E-state index contributed by atoms with van der Waals surface area (Å²) in [5, 5.41) is 0. The highest BCUT2D eigenvalue weighted by atomic mass is 16.1. The molecule has 2 aromatic carbocycles. The first-order valence-corrected chi connectivity index (χ1v) is 7.84. The van der Waals surface area contributed by atoms with Crippen molar-refractivity contribution in [2.45, 2.75) is 31.8 Å². The molecule has 0 aromatic heterocycles. The average molecular weight is 294 g/mol. The highest BCUT2D eigenvalue weighted by Crippen LogP contribution is 2.37. The Balaban J connectivity index is 1.51. The Labute approximate surface area is 131 Å². The van der Waals surface area contributed by atoms with E-state index in [9.17, 15) is 4.79 Å². The molecule has 3 atom stereocenters. The zero-order chi connectivity index (χ0) is 15.5. The van der Waals surface area contributed by atoms with Crippen LogP contribution in [0.5, 0.6) is 0 Å². The molecule has 114 valence electrons. The molecular formula is C19H22N2O. The van der Waals surface area contributed by atoms with Gasteiger partial charge in [-0.25, -0.2) is 0 Å². The first kappa shape index (κ1) is 14.8. The van der Waals surface area contributed by atoms with Crippen LogP contribution < -0.4 is 5.73 Å². The molecule has 1 aliphatic rings. The molecule has 0 bridgehead atoms. The number of nitrogens with zero attached hydrogens (tertiary/aromatic N) is 1. The Morgan fingerprint density at radius 3 is 2.50 bits per heavy atom. The van der Waals surface area contributed by atoms with Gasteiger partial charge in [-0.15, -0.1) is 0 Å². The normalized spacial score (nSPS) is 21.3. The largest absolute Gasteiger partial charge is 0.366 e. The van der Waals surface area contributed by atoms with Crippen LogP contribution in [0.15, 0.2) is 54.6 Å². The van der Waals surface area contributed by atoms with Gasteiger partial charge in [0.1, 0.15) is 0 Å². The van der Waals surface area contributed by atoms with Crippen molar-refractivity contribution in [2.75, 3.05) is 6.54 Å². The number of benzene rings is 2. The second-order valence-electron chi connectivity index (χ2n) is 6.07. The molecule has 1 aliphatic heterocycles. The summed E-state index contributed by atoms with van der Waals surface area (Å²) in [5.41, 5.74) is 8.51. The molecule has 22 heavy (non-hydrogen) atoms. The summed E-state index contributed by atoms with van der Waals surface area (Å²) in [6, 6.07) is 19.5. The molecule has 0 radical (unpaired) electrons. The molecule has 1 fully saturated rings. The van der Waals surface area contributed by atoms with Gasteiger partial charge in [0.15, 0.2) is 0 Å². The van der Waals surface area contributed by atoms with Gasteiger partial charge in [0.25, 0.3) is 0 Å². The van der Waals surface area contributed by atoms with Crippen molar-refractivity contribution in [3.05, 3.63) is 71.3 Å². The van der Waals surface area contributed by atoms with Gasteiger partial charge in [-0.3, -0.25) is 9.69 Å². The number of hydrogen-bond acceptors (Lipinski definition) is 2. The lowest BCUT2D eigenvalue weighted by Gasteiger charge is -2.14. The summed E-state index contributed by atoms with van der Waals surface area (Å²) < 4.78 is 0. The third-order valence-corrected chi connectivity index (χ3v) is 4.49. The molecule has 0 aliphatic carbocycles. The van der Waals surface area contributed by atoms with E-state index >= 15 is 0 Å². The van der Waals surface area contributed by atoms with Crippen molar-refractivity contribution >= 4 is 5.91 Å². The molecule has 0 saturated carbocycles. The maximum Gasteiger partial charge on any atom is 0.248 e. The van der Waals surface area contributed by atoms with Gasteiger partial charge in [-0.1, -0.05) is 42.5 Å². The fourth-order valence-corrected chi connectivity index (χ4v) is 2.99. The summed E-state index contributed by atoms with van der Waals surface area (Å²) >= 11 is 0. The SMILES string of the molecule is C[C@H](CCc1ccc(C(N)=O)cc1)[N@@]1CC1c1ccccc1. The second-order valence-corrected chi connectivity index (χ2v) is 6.07. The molecule has 3 nitrogen and oxygen atoms in total. The third kappa shape index (κ3) is 3.37. The highest BCUT2D eigenvalue weighted by molar-refractivity contribution is 5.92. The lowest BCUT2D eigenvalue weighted by Crippen LogP contribution is -2.16. The minimum absolute atomic E-state index is 0.366. The number of aryl methyl sites for hydroxylation is 1. The number of hydrogen-bond donors (Lipinski definition) is 1. The maximum absolute atomic E-state index is 11.1. The van der Waals surface area contributed by atoms with E-state index in [0.717, 1.165) is 19.4 Å². The van der Waals surface area contributed by atoms with Gasteiger partial charge in [-0.2, -0.15) is 0 Å². The van der Waals surface area contributed by atoms with E-state index in [1.54, 1.807) is 0 Å². The van der Waals surface area contributed by atoms with Crippen LogP contribution in [0.25, 0.3) is 0 Å². The Bertz CT molecular complexity index is 636. The van der Waals surface area contributed by atoms with E-state index in [1.807, 2.05) is 24.3 Å². The Morgan fingerprint density at radius 2 is 1.86 bits per heavy atom. The summed E-state index contributed by atoms with van der Waals surface area (Å²) in [5.74, 6) is -0.366. The van der Waals surface area contributed by atoms with Crippen molar-refractivity contribution < 1.29 is 4.79 Å². The van der Waals surface area contributed by atoms with Gasteiger partial charge in [0.05, 0.1) is 0 Å². The van der Waals surface area contributed by atoms with E-state index in [1.165, 1.54) is 11.1 Å². The Kier molecular flexibility index (Phi) is 4.25. The topological polar surface area (TPSA) is 46.1 Å². The molecule has 1 amide bonds. The van der Waals surface area contributed by atoms with Crippen molar-refractivity contribution in [2.24, 2.45) is 5.73 Å². The van der Waals surface area contributed by atoms with Gasteiger partial charge < -0.3 is 5.73 Å². The van der Waals surface area contributed by atoms with Gasteiger partial charge in [0.2, 0.25) is 5.91 Å². The maximum atomic E-state index is 11.1. The van der Waals surface area contributed by atoms with Crippen LogP contribution in [-0.4, -0.2) is 23.4 Å². The molecule has 1 saturated heterocycles. The smallest absolute Gasteiger partial charge is 0.248 e. The first-order valence-electron chi connectivity index (χ1n) is 7.84. The Hall–Kier alpha value is -2.13. The van der Waals surface area contributed by atoms with Gasteiger partial charge in [-0.05, 0) is 43.0 Å². The summed E-state index contributed by atoms with van der Waals surface area (Å²) in [4.78, 5) is 13.6. The summed E-state index contributed by atoms with van der Waals surface area (Å²) in [6.07, 6.45) is 2.15. The monoisotopic (exact) mass is 294 g/mol. The lowest BCUT2D eigenvalue weighted by atomic mass is 10.0. The molecule has 3 rings (SSSR count). The molecular weight excluding hydrogens is 272 g/mol. The van der Waals surface area contributed by atoms with E-state index < -0.39 is 0 Å². The van der Waals surface area contributed by atoms with Crippen LogP contribution in [0.1, 0.15) is 40.9 Å². The highest BCUT2D eigenvalue weighted by Gasteiger charge is 2.38. The number of carbonyl (C=O) groups is 1. The lowest BCUT2D eigenvalue weighted by molar-refractivity contribution is 0.100. The molecule has 1 unspecified atom stereocenters. The van der Waals surface area contributed by atoms with E-state index in [4.69, 9.17) is 5.73 Å². The van der Waals surface area contributed by atoms with Gasteiger partial charge in [0, 0.05) is 24.2 Å². The fourth-order valence-electron chi connectivity index (χ4n) is 2.99. The molecule has 0 spiro atoms. The van der Waals surface area contributed by atoms with Crippen LogP contribution in [0.3, 0.4) is 0 Å². The minimum atomic E-state index is -0.366. The third-order valence-electron chi connectivity index (χ3n) is 4.49. The number of primary amides is 1. The van der Waals surface area contributed by atoms with Crippen LogP contribution in [0, 0.1) is 0 Å². The zero-order valence-electron chi connectivity index (χ0n) is 12.9. The number of nitrogens with two attached hydrogens (primary N) is 1. The predicted molar refractivity (Wildman–Crippen MR) is 88.6 cm³/mol. The molecule has 2 N–H and O–H groups in total. The van der Waals surface area contributed by atoms with Crippen molar-refractivity contribution in [1.82, 2.24) is 4.90 Å².